The molecule has 1 aliphatic rings. The number of carbonyl (C=O) groups is 1. The van der Waals surface area contributed by atoms with Crippen LogP contribution in [0, 0.1) is 0 Å². The average molecular weight is 493 g/mol. The monoisotopic (exact) mass is 492 g/mol. The summed E-state index contributed by atoms with van der Waals surface area (Å²) in [5, 5.41) is 0.155. The maximum Gasteiger partial charge on any atom is 0.338 e. The molecule has 0 N–H and O–H groups in total. The summed E-state index contributed by atoms with van der Waals surface area (Å²) in [5.41, 5.74) is 5.60. The zero-order valence-electron chi connectivity index (χ0n) is 23.1. The third-order valence-corrected chi connectivity index (χ3v) is 12.4. The summed E-state index contributed by atoms with van der Waals surface area (Å²) in [6.45, 7) is 18.4. The summed E-state index contributed by atoms with van der Waals surface area (Å²) < 4.78 is 12.0. The van der Waals surface area contributed by atoms with E-state index in [2.05, 4.69) is 72.0 Å². The molecule has 3 rings (SSSR count). The van der Waals surface area contributed by atoms with Crippen LogP contribution in [0.2, 0.25) is 18.1 Å². The average Bonchev–Trinajstić information content (AvgIpc) is 2.79. The first-order chi connectivity index (χ1) is 16.4. The number of carbonyl (C=O) groups excluding carboxylic acids is 1. The molecule has 0 aliphatic heterocycles. The van der Waals surface area contributed by atoms with E-state index in [1.807, 2.05) is 31.2 Å². The van der Waals surface area contributed by atoms with Crippen molar-refractivity contribution in [1.29, 1.82) is 0 Å². The summed E-state index contributed by atoms with van der Waals surface area (Å²) in [5.74, 6) is 0.804. The highest BCUT2D eigenvalue weighted by molar-refractivity contribution is 6.74. The normalized spacial score (nSPS) is 16.6. The van der Waals surface area contributed by atoms with Gasteiger partial charge >= 0.3 is 5.97 Å². The van der Waals surface area contributed by atoms with Gasteiger partial charge in [0.2, 0.25) is 8.32 Å². The highest BCUT2D eigenvalue weighted by Gasteiger charge is 2.41. The molecular formula is C31H44O3Si. The largest absolute Gasteiger partial charge is 0.543 e. The van der Waals surface area contributed by atoms with Crippen molar-refractivity contribution < 1.29 is 14.0 Å². The zero-order valence-corrected chi connectivity index (χ0v) is 24.1. The minimum Gasteiger partial charge on any atom is -0.543 e. The lowest BCUT2D eigenvalue weighted by atomic mass is 9.70. The van der Waals surface area contributed by atoms with Crippen molar-refractivity contribution in [3.63, 3.8) is 0 Å². The summed E-state index contributed by atoms with van der Waals surface area (Å²) in [4.78, 5) is 12.0. The Balaban J connectivity index is 1.97. The quantitative estimate of drug-likeness (QED) is 0.220. The summed E-state index contributed by atoms with van der Waals surface area (Å²) >= 11 is 0. The lowest BCUT2D eigenvalue weighted by Gasteiger charge is -2.40. The molecule has 3 nitrogen and oxygen atoms in total. The van der Waals surface area contributed by atoms with Gasteiger partial charge in [-0.2, -0.15) is 0 Å². The van der Waals surface area contributed by atoms with Gasteiger partial charge in [-0.25, -0.2) is 4.79 Å². The van der Waals surface area contributed by atoms with Crippen LogP contribution >= 0.6 is 0 Å². The minimum absolute atomic E-state index is 0.146. The highest BCUT2D eigenvalue weighted by atomic mass is 28.4. The molecule has 0 radical (unpaired) electrons. The molecule has 4 heteroatoms. The highest BCUT2D eigenvalue weighted by Crippen LogP contribution is 2.46. The van der Waals surface area contributed by atoms with Crippen LogP contribution in [0.5, 0.6) is 5.75 Å². The van der Waals surface area contributed by atoms with Crippen LogP contribution in [0.25, 0.3) is 11.6 Å². The number of esters is 1. The fourth-order valence-corrected chi connectivity index (χ4v) is 5.66. The summed E-state index contributed by atoms with van der Waals surface area (Å²) in [7, 11) is -1.95. The van der Waals surface area contributed by atoms with E-state index in [-0.39, 0.29) is 16.4 Å². The minimum atomic E-state index is -1.95. The molecule has 0 spiro atoms. The lowest BCUT2D eigenvalue weighted by Crippen LogP contribution is -2.44. The van der Waals surface area contributed by atoms with Gasteiger partial charge in [-0.1, -0.05) is 71.2 Å². The maximum atomic E-state index is 12.0. The third kappa shape index (κ3) is 6.46. The van der Waals surface area contributed by atoms with Gasteiger partial charge in [-0.3, -0.25) is 0 Å². The van der Waals surface area contributed by atoms with E-state index >= 15 is 0 Å². The predicted octanol–water partition coefficient (Wildman–Crippen LogP) is 9.03. The number of allylic oxidation sites excluding steroid dienone is 1. The Hall–Kier alpha value is -2.33. The molecule has 35 heavy (non-hydrogen) atoms. The second-order valence-electron chi connectivity index (χ2n) is 11.9. The van der Waals surface area contributed by atoms with Gasteiger partial charge in [0.15, 0.2) is 0 Å². The molecular weight excluding hydrogens is 448 g/mol. The number of benzene rings is 2. The van der Waals surface area contributed by atoms with Crippen LogP contribution in [-0.4, -0.2) is 20.9 Å². The van der Waals surface area contributed by atoms with Crippen LogP contribution < -0.4 is 4.43 Å². The van der Waals surface area contributed by atoms with E-state index in [1.54, 1.807) is 0 Å². The van der Waals surface area contributed by atoms with Crippen molar-refractivity contribution in [3.05, 3.63) is 64.7 Å². The molecule has 0 heterocycles. The second-order valence-corrected chi connectivity index (χ2v) is 16.6. The van der Waals surface area contributed by atoms with Crippen molar-refractivity contribution in [1.82, 2.24) is 0 Å². The van der Waals surface area contributed by atoms with E-state index in [0.717, 1.165) is 11.3 Å². The molecule has 0 unspecified atom stereocenters. The van der Waals surface area contributed by atoms with Gasteiger partial charge < -0.3 is 9.16 Å². The number of ether oxygens (including phenoxy) is 1. The Morgan fingerprint density at radius 2 is 1.60 bits per heavy atom. The van der Waals surface area contributed by atoms with Crippen LogP contribution in [0.15, 0.2) is 42.5 Å². The van der Waals surface area contributed by atoms with Gasteiger partial charge in [0.1, 0.15) is 5.75 Å². The SMILES string of the molecule is CCOC(=O)c1ccc(/C=C(/C)c2ccc(O[Si](C)(C)C(C)(C)C)c(C3(C)CCCCC3)c2)cc1. The summed E-state index contributed by atoms with van der Waals surface area (Å²) in [6, 6.07) is 14.4. The van der Waals surface area contributed by atoms with Crippen molar-refractivity contribution in [3.8, 4) is 5.75 Å². The Morgan fingerprint density at radius 3 is 2.17 bits per heavy atom. The molecule has 2 aromatic carbocycles. The third-order valence-electron chi connectivity index (χ3n) is 8.02. The fraction of sp³-hybridized carbons (Fsp3) is 0.516. The van der Waals surface area contributed by atoms with E-state index in [4.69, 9.17) is 9.16 Å². The predicted molar refractivity (Wildman–Crippen MR) is 151 cm³/mol. The second kappa shape index (κ2) is 10.7. The van der Waals surface area contributed by atoms with Gasteiger partial charge in [-0.05, 0) is 96.8 Å². The molecule has 0 atom stereocenters. The summed E-state index contributed by atoms with van der Waals surface area (Å²) in [6.07, 6.45) is 8.49. The molecule has 0 aromatic heterocycles. The molecule has 190 valence electrons. The Morgan fingerprint density at radius 1 is 1.00 bits per heavy atom. The van der Waals surface area contributed by atoms with E-state index in [9.17, 15) is 4.79 Å². The van der Waals surface area contributed by atoms with Crippen LogP contribution in [0.1, 0.15) is 101 Å². The van der Waals surface area contributed by atoms with Gasteiger partial charge in [0.25, 0.3) is 0 Å². The van der Waals surface area contributed by atoms with Crippen LogP contribution in [0.3, 0.4) is 0 Å². The van der Waals surface area contributed by atoms with Crippen molar-refractivity contribution in [2.75, 3.05) is 6.61 Å². The first-order valence-corrected chi connectivity index (χ1v) is 16.1. The van der Waals surface area contributed by atoms with Crippen molar-refractivity contribution >= 4 is 25.9 Å². The molecule has 0 bridgehead atoms. The van der Waals surface area contributed by atoms with Gasteiger partial charge in [0.05, 0.1) is 12.2 Å². The zero-order chi connectivity index (χ0) is 25.9. The van der Waals surface area contributed by atoms with Crippen LogP contribution in [0.4, 0.5) is 0 Å². The number of rotatable bonds is 7. The molecule has 2 aromatic rings. The molecule has 1 aliphatic carbocycles. The van der Waals surface area contributed by atoms with E-state index in [0.29, 0.717) is 12.2 Å². The Labute approximate surface area is 214 Å². The Bertz CT molecular complexity index is 1050. The van der Waals surface area contributed by atoms with Gasteiger partial charge in [0, 0.05) is 0 Å². The Kier molecular flexibility index (Phi) is 8.36. The van der Waals surface area contributed by atoms with Crippen LogP contribution in [-0.2, 0) is 10.2 Å². The smallest absolute Gasteiger partial charge is 0.338 e. The van der Waals surface area contributed by atoms with Gasteiger partial charge in [-0.15, -0.1) is 0 Å². The standard InChI is InChI=1S/C31H44O3Si/c1-9-33-29(32)25-15-13-24(14-16-25)21-23(2)26-17-18-28(34-35(7,8)30(3,4)5)27(22-26)31(6)19-11-10-12-20-31/h13-18,21-22H,9-12,19-20H2,1-8H3/b23-21-. The molecule has 0 saturated heterocycles. The molecule has 0 amide bonds. The topological polar surface area (TPSA) is 35.5 Å². The van der Waals surface area contributed by atoms with E-state index < -0.39 is 8.32 Å². The molecule has 1 fully saturated rings. The van der Waals surface area contributed by atoms with Crippen molar-refractivity contribution in [2.24, 2.45) is 0 Å². The molecule has 1 saturated carbocycles. The van der Waals surface area contributed by atoms with Crippen molar-refractivity contribution in [2.45, 2.75) is 97.2 Å². The first kappa shape index (κ1) is 27.3. The number of hydrogen-bond donors (Lipinski definition) is 0. The lowest BCUT2D eigenvalue weighted by molar-refractivity contribution is 0.0526. The maximum absolute atomic E-state index is 12.0. The number of hydrogen-bond acceptors (Lipinski definition) is 3. The van der Waals surface area contributed by atoms with E-state index in [1.165, 1.54) is 48.8 Å². The first-order valence-electron chi connectivity index (χ1n) is 13.2. The fourth-order valence-electron chi connectivity index (χ4n) is 4.63.